The van der Waals surface area contributed by atoms with Gasteiger partial charge < -0.3 is 5.32 Å². The molecule has 4 heteroatoms. The van der Waals surface area contributed by atoms with E-state index in [-0.39, 0.29) is 0 Å². The van der Waals surface area contributed by atoms with Gasteiger partial charge in [-0.2, -0.15) is 0 Å². The van der Waals surface area contributed by atoms with Crippen molar-refractivity contribution in [2.24, 2.45) is 5.92 Å². The van der Waals surface area contributed by atoms with Crippen molar-refractivity contribution in [2.45, 2.75) is 25.2 Å². The topological polar surface area (TPSA) is 46.2 Å². The molecule has 0 radical (unpaired) electrons. The standard InChI is InChI=1S/C12H19NO2S/c1-4-10(2)9-13-11-6-5-7-12(8-11)16(3,14)15/h5-8,10,13H,4,9H2,1-3H3. The molecule has 1 N–H and O–H groups in total. The number of hydrogen-bond acceptors (Lipinski definition) is 3. The van der Waals surface area contributed by atoms with Crippen molar-refractivity contribution < 1.29 is 8.42 Å². The summed E-state index contributed by atoms with van der Waals surface area (Å²) in [5.41, 5.74) is 0.864. The van der Waals surface area contributed by atoms with Gasteiger partial charge in [0.05, 0.1) is 4.90 Å². The third-order valence-electron chi connectivity index (χ3n) is 2.61. The van der Waals surface area contributed by atoms with Crippen LogP contribution in [0.1, 0.15) is 20.3 Å². The van der Waals surface area contributed by atoms with Crippen molar-refractivity contribution in [3.63, 3.8) is 0 Å². The van der Waals surface area contributed by atoms with Gasteiger partial charge in [-0.3, -0.25) is 0 Å². The summed E-state index contributed by atoms with van der Waals surface area (Å²) in [6.45, 7) is 5.16. The Morgan fingerprint density at radius 3 is 2.62 bits per heavy atom. The highest BCUT2D eigenvalue weighted by Gasteiger charge is 2.07. The van der Waals surface area contributed by atoms with E-state index in [1.54, 1.807) is 18.2 Å². The smallest absolute Gasteiger partial charge is 0.175 e. The third kappa shape index (κ3) is 3.85. The molecule has 1 aromatic carbocycles. The van der Waals surface area contributed by atoms with E-state index in [4.69, 9.17) is 0 Å². The third-order valence-corrected chi connectivity index (χ3v) is 3.72. The van der Waals surface area contributed by atoms with E-state index < -0.39 is 9.84 Å². The number of benzene rings is 1. The number of rotatable bonds is 5. The van der Waals surface area contributed by atoms with Crippen molar-refractivity contribution >= 4 is 15.5 Å². The molecule has 90 valence electrons. The molecule has 1 aromatic rings. The van der Waals surface area contributed by atoms with Gasteiger partial charge in [-0.05, 0) is 24.1 Å². The summed E-state index contributed by atoms with van der Waals surface area (Å²) in [6.07, 6.45) is 2.33. The molecule has 1 rings (SSSR count). The second kappa shape index (κ2) is 5.34. The van der Waals surface area contributed by atoms with Crippen molar-refractivity contribution in [1.29, 1.82) is 0 Å². The minimum Gasteiger partial charge on any atom is -0.385 e. The Kier molecular flexibility index (Phi) is 4.35. The number of anilines is 1. The van der Waals surface area contributed by atoms with Crippen molar-refractivity contribution in [2.75, 3.05) is 18.1 Å². The summed E-state index contributed by atoms with van der Waals surface area (Å²) in [4.78, 5) is 0.363. The summed E-state index contributed by atoms with van der Waals surface area (Å²) < 4.78 is 22.7. The van der Waals surface area contributed by atoms with E-state index in [2.05, 4.69) is 19.2 Å². The van der Waals surface area contributed by atoms with E-state index in [0.717, 1.165) is 18.7 Å². The highest BCUT2D eigenvalue weighted by Crippen LogP contribution is 2.15. The van der Waals surface area contributed by atoms with Gasteiger partial charge in [-0.25, -0.2) is 8.42 Å². The molecule has 1 atom stereocenters. The molecule has 0 heterocycles. The molecule has 0 spiro atoms. The lowest BCUT2D eigenvalue weighted by Crippen LogP contribution is -2.10. The number of hydrogen-bond donors (Lipinski definition) is 1. The summed E-state index contributed by atoms with van der Waals surface area (Å²) in [5, 5.41) is 3.24. The SMILES string of the molecule is CCC(C)CNc1cccc(S(C)(=O)=O)c1. The fraction of sp³-hybridized carbons (Fsp3) is 0.500. The lowest BCUT2D eigenvalue weighted by atomic mass is 10.1. The molecule has 0 aromatic heterocycles. The summed E-state index contributed by atoms with van der Waals surface area (Å²) in [6, 6.07) is 6.94. The Bertz CT molecular complexity index is 440. The van der Waals surface area contributed by atoms with Gasteiger partial charge in [0.1, 0.15) is 0 Å². The maximum Gasteiger partial charge on any atom is 0.175 e. The van der Waals surface area contributed by atoms with Gasteiger partial charge in [-0.15, -0.1) is 0 Å². The Hall–Kier alpha value is -1.03. The number of sulfone groups is 1. The normalized spacial score (nSPS) is 13.4. The van der Waals surface area contributed by atoms with Crippen molar-refractivity contribution in [3.05, 3.63) is 24.3 Å². The van der Waals surface area contributed by atoms with Crippen LogP contribution in [0, 0.1) is 5.92 Å². The lowest BCUT2D eigenvalue weighted by molar-refractivity contribution is 0.593. The quantitative estimate of drug-likeness (QED) is 0.861. The molecule has 0 aliphatic carbocycles. The second-order valence-electron chi connectivity index (χ2n) is 4.19. The molecule has 16 heavy (non-hydrogen) atoms. The highest BCUT2D eigenvalue weighted by atomic mass is 32.2. The van der Waals surface area contributed by atoms with Crippen LogP contribution in [0.4, 0.5) is 5.69 Å². The van der Waals surface area contributed by atoms with Crippen LogP contribution in [0.2, 0.25) is 0 Å². The van der Waals surface area contributed by atoms with Crippen LogP contribution in [-0.2, 0) is 9.84 Å². The van der Waals surface area contributed by atoms with E-state index >= 15 is 0 Å². The van der Waals surface area contributed by atoms with Crippen LogP contribution < -0.4 is 5.32 Å². The summed E-state index contributed by atoms with van der Waals surface area (Å²) in [5.74, 6) is 0.585. The van der Waals surface area contributed by atoms with Crippen molar-refractivity contribution in [1.82, 2.24) is 0 Å². The maximum absolute atomic E-state index is 11.4. The van der Waals surface area contributed by atoms with Crippen LogP contribution in [0.15, 0.2) is 29.2 Å². The Labute approximate surface area is 97.8 Å². The molecule has 0 bridgehead atoms. The zero-order chi connectivity index (χ0) is 12.2. The van der Waals surface area contributed by atoms with E-state index in [9.17, 15) is 8.42 Å². The Morgan fingerprint density at radius 1 is 1.38 bits per heavy atom. The average molecular weight is 241 g/mol. The Morgan fingerprint density at radius 2 is 2.06 bits per heavy atom. The van der Waals surface area contributed by atoms with Gasteiger partial charge >= 0.3 is 0 Å². The minimum absolute atomic E-state index is 0.363. The van der Waals surface area contributed by atoms with Gasteiger partial charge in [0.25, 0.3) is 0 Å². The first-order valence-corrected chi connectivity index (χ1v) is 7.36. The number of nitrogens with one attached hydrogen (secondary N) is 1. The van der Waals surface area contributed by atoms with Gasteiger partial charge in [-0.1, -0.05) is 26.3 Å². The molecule has 0 aliphatic rings. The zero-order valence-corrected chi connectivity index (χ0v) is 10.8. The largest absolute Gasteiger partial charge is 0.385 e. The maximum atomic E-state index is 11.4. The highest BCUT2D eigenvalue weighted by molar-refractivity contribution is 7.90. The monoisotopic (exact) mass is 241 g/mol. The van der Waals surface area contributed by atoms with Crippen LogP contribution >= 0.6 is 0 Å². The Balaban J connectivity index is 2.76. The fourth-order valence-corrected chi connectivity index (χ4v) is 1.94. The van der Waals surface area contributed by atoms with Crippen LogP contribution in [0.3, 0.4) is 0 Å². The molecular weight excluding hydrogens is 222 g/mol. The van der Waals surface area contributed by atoms with Crippen molar-refractivity contribution in [3.8, 4) is 0 Å². The molecule has 0 amide bonds. The lowest BCUT2D eigenvalue weighted by Gasteiger charge is -2.11. The molecule has 0 aliphatic heterocycles. The molecule has 0 saturated heterocycles. The van der Waals surface area contributed by atoms with Crippen LogP contribution in [-0.4, -0.2) is 21.2 Å². The van der Waals surface area contributed by atoms with Gasteiger partial charge in [0.15, 0.2) is 9.84 Å². The predicted octanol–water partition coefficient (Wildman–Crippen LogP) is 2.55. The molecule has 0 saturated carbocycles. The van der Waals surface area contributed by atoms with Gasteiger partial charge in [0, 0.05) is 18.5 Å². The predicted molar refractivity (Wildman–Crippen MR) is 67.5 cm³/mol. The van der Waals surface area contributed by atoms with E-state index in [1.165, 1.54) is 6.26 Å². The van der Waals surface area contributed by atoms with Gasteiger partial charge in [0.2, 0.25) is 0 Å². The van der Waals surface area contributed by atoms with E-state index in [0.29, 0.717) is 10.8 Å². The summed E-state index contributed by atoms with van der Waals surface area (Å²) >= 11 is 0. The van der Waals surface area contributed by atoms with Crippen LogP contribution in [0.5, 0.6) is 0 Å². The first-order chi connectivity index (χ1) is 7.43. The first kappa shape index (κ1) is 13.0. The fourth-order valence-electron chi connectivity index (χ4n) is 1.27. The minimum atomic E-state index is -3.11. The molecule has 3 nitrogen and oxygen atoms in total. The van der Waals surface area contributed by atoms with E-state index in [1.807, 2.05) is 6.07 Å². The first-order valence-electron chi connectivity index (χ1n) is 5.47. The van der Waals surface area contributed by atoms with Crippen LogP contribution in [0.25, 0.3) is 0 Å². The molecular formula is C12H19NO2S. The average Bonchev–Trinajstić information content (AvgIpc) is 2.25. The molecule has 0 fully saturated rings. The summed E-state index contributed by atoms with van der Waals surface area (Å²) in [7, 11) is -3.11. The second-order valence-corrected chi connectivity index (χ2v) is 6.21. The molecule has 1 unspecified atom stereocenters. The zero-order valence-electron chi connectivity index (χ0n) is 10.0.